The maximum atomic E-state index is 12.4. The monoisotopic (exact) mass is 312 g/mol. The van der Waals surface area contributed by atoms with E-state index >= 15 is 0 Å². The summed E-state index contributed by atoms with van der Waals surface area (Å²) < 4.78 is 5.14. The van der Waals surface area contributed by atoms with Crippen molar-refractivity contribution in [1.82, 2.24) is 5.32 Å². The van der Waals surface area contributed by atoms with Crippen LogP contribution in [-0.4, -0.2) is 26.1 Å². The number of anilines is 1. The van der Waals surface area contributed by atoms with E-state index in [1.54, 1.807) is 12.0 Å². The van der Waals surface area contributed by atoms with Gasteiger partial charge in [-0.3, -0.25) is 4.79 Å². The van der Waals surface area contributed by atoms with Crippen LogP contribution in [0.2, 0.25) is 0 Å². The largest absolute Gasteiger partial charge is 0.497 e. The summed E-state index contributed by atoms with van der Waals surface area (Å²) >= 11 is 0. The summed E-state index contributed by atoms with van der Waals surface area (Å²) in [4.78, 5) is 14.2. The number of rotatable bonds is 7. The summed E-state index contributed by atoms with van der Waals surface area (Å²) in [5, 5.41) is 3.21. The third-order valence-corrected chi connectivity index (χ3v) is 3.70. The van der Waals surface area contributed by atoms with Crippen LogP contribution in [0.15, 0.2) is 48.5 Å². The summed E-state index contributed by atoms with van der Waals surface area (Å²) in [5.74, 6) is 0.910. The molecule has 0 fully saturated rings. The number of hydrogen-bond acceptors (Lipinski definition) is 3. The van der Waals surface area contributed by atoms with Crippen molar-refractivity contribution in [2.75, 3.05) is 25.1 Å². The van der Waals surface area contributed by atoms with Gasteiger partial charge in [-0.15, -0.1) is 0 Å². The van der Waals surface area contributed by atoms with Gasteiger partial charge in [-0.05, 0) is 49.2 Å². The molecule has 2 aromatic rings. The van der Waals surface area contributed by atoms with Gasteiger partial charge in [-0.25, -0.2) is 0 Å². The predicted molar refractivity (Wildman–Crippen MR) is 93.9 cm³/mol. The number of likely N-dealkylation sites (N-methyl/N-ethyl adjacent to an activating group) is 1. The molecule has 4 nitrogen and oxygen atoms in total. The average molecular weight is 312 g/mol. The number of nitrogens with zero attached hydrogens (tertiary/aromatic N) is 1. The van der Waals surface area contributed by atoms with Crippen LogP contribution in [-0.2, 0) is 11.3 Å². The van der Waals surface area contributed by atoms with Gasteiger partial charge in [0.05, 0.1) is 13.7 Å². The molecule has 0 aromatic heterocycles. The van der Waals surface area contributed by atoms with E-state index in [1.165, 1.54) is 0 Å². The summed E-state index contributed by atoms with van der Waals surface area (Å²) in [6, 6.07) is 15.8. The van der Waals surface area contributed by atoms with Crippen molar-refractivity contribution in [3.8, 4) is 5.75 Å². The SMILES string of the molecule is CCN(C(=O)CNCc1ccc(OC)cc1)c1cccc(C)c1. The highest BCUT2D eigenvalue weighted by Crippen LogP contribution is 2.16. The van der Waals surface area contributed by atoms with Crippen molar-refractivity contribution in [1.29, 1.82) is 0 Å². The highest BCUT2D eigenvalue weighted by molar-refractivity contribution is 5.94. The summed E-state index contributed by atoms with van der Waals surface area (Å²) in [5.41, 5.74) is 3.22. The normalized spacial score (nSPS) is 10.4. The zero-order valence-corrected chi connectivity index (χ0v) is 14.0. The highest BCUT2D eigenvalue weighted by Gasteiger charge is 2.13. The van der Waals surface area contributed by atoms with Gasteiger partial charge in [0.25, 0.3) is 0 Å². The molecule has 0 spiro atoms. The molecule has 0 saturated heterocycles. The fourth-order valence-corrected chi connectivity index (χ4v) is 2.45. The summed E-state index contributed by atoms with van der Waals surface area (Å²) in [7, 11) is 1.65. The van der Waals surface area contributed by atoms with Gasteiger partial charge in [0.1, 0.15) is 5.75 Å². The molecule has 0 heterocycles. The molecule has 23 heavy (non-hydrogen) atoms. The quantitative estimate of drug-likeness (QED) is 0.854. The molecule has 2 rings (SSSR count). The van der Waals surface area contributed by atoms with Gasteiger partial charge in [-0.2, -0.15) is 0 Å². The Morgan fingerprint density at radius 3 is 2.52 bits per heavy atom. The van der Waals surface area contributed by atoms with Crippen molar-refractivity contribution in [3.63, 3.8) is 0 Å². The number of nitrogens with one attached hydrogen (secondary N) is 1. The fraction of sp³-hybridized carbons (Fsp3) is 0.316. The molecular formula is C19H24N2O2. The maximum Gasteiger partial charge on any atom is 0.240 e. The van der Waals surface area contributed by atoms with E-state index in [0.29, 0.717) is 19.6 Å². The van der Waals surface area contributed by atoms with Crippen molar-refractivity contribution in [3.05, 3.63) is 59.7 Å². The van der Waals surface area contributed by atoms with Crippen LogP contribution in [0.25, 0.3) is 0 Å². The van der Waals surface area contributed by atoms with Crippen LogP contribution in [0.3, 0.4) is 0 Å². The molecule has 2 aromatic carbocycles. The van der Waals surface area contributed by atoms with E-state index in [4.69, 9.17) is 4.74 Å². The Bertz CT molecular complexity index is 638. The molecule has 0 aliphatic rings. The molecule has 122 valence electrons. The van der Waals surface area contributed by atoms with Crippen LogP contribution < -0.4 is 15.0 Å². The molecule has 4 heteroatoms. The molecule has 0 radical (unpaired) electrons. The highest BCUT2D eigenvalue weighted by atomic mass is 16.5. The van der Waals surface area contributed by atoms with Crippen LogP contribution in [0.4, 0.5) is 5.69 Å². The van der Waals surface area contributed by atoms with Crippen molar-refractivity contribution < 1.29 is 9.53 Å². The molecule has 0 bridgehead atoms. The number of carbonyl (C=O) groups excluding carboxylic acids is 1. The maximum absolute atomic E-state index is 12.4. The smallest absolute Gasteiger partial charge is 0.240 e. The summed E-state index contributed by atoms with van der Waals surface area (Å²) in [6.45, 7) is 5.65. The van der Waals surface area contributed by atoms with Crippen LogP contribution >= 0.6 is 0 Å². The van der Waals surface area contributed by atoms with Gasteiger partial charge < -0.3 is 15.0 Å². The lowest BCUT2D eigenvalue weighted by atomic mass is 10.2. The molecule has 0 aliphatic heterocycles. The van der Waals surface area contributed by atoms with Gasteiger partial charge in [0.2, 0.25) is 5.91 Å². The topological polar surface area (TPSA) is 41.6 Å². The van der Waals surface area contributed by atoms with Crippen molar-refractivity contribution >= 4 is 11.6 Å². The third kappa shape index (κ3) is 4.83. The Balaban J connectivity index is 1.89. The second kappa shape index (κ2) is 8.34. The minimum atomic E-state index is 0.0756. The Morgan fingerprint density at radius 2 is 1.91 bits per heavy atom. The number of methoxy groups -OCH3 is 1. The first-order valence-electron chi connectivity index (χ1n) is 7.84. The molecule has 0 atom stereocenters. The first-order valence-corrected chi connectivity index (χ1v) is 7.84. The van der Waals surface area contributed by atoms with E-state index in [-0.39, 0.29) is 5.91 Å². The van der Waals surface area contributed by atoms with E-state index in [0.717, 1.165) is 22.6 Å². The average Bonchev–Trinajstić information content (AvgIpc) is 2.56. The fourth-order valence-electron chi connectivity index (χ4n) is 2.45. The second-order valence-electron chi connectivity index (χ2n) is 5.43. The zero-order chi connectivity index (χ0) is 16.7. The number of aryl methyl sites for hydroxylation is 1. The molecule has 1 amide bonds. The van der Waals surface area contributed by atoms with Crippen LogP contribution in [0, 0.1) is 6.92 Å². The Labute approximate surface area is 138 Å². The standard InChI is InChI=1S/C19H24N2O2/c1-4-21(17-7-5-6-15(2)12-17)19(22)14-20-13-16-8-10-18(23-3)11-9-16/h5-12,20H,4,13-14H2,1-3H3. The molecule has 0 aliphatic carbocycles. The Kier molecular flexibility index (Phi) is 6.18. The van der Waals surface area contributed by atoms with E-state index < -0.39 is 0 Å². The van der Waals surface area contributed by atoms with E-state index in [2.05, 4.69) is 5.32 Å². The number of benzene rings is 2. The Hall–Kier alpha value is -2.33. The molecular weight excluding hydrogens is 288 g/mol. The summed E-state index contributed by atoms with van der Waals surface area (Å²) in [6.07, 6.45) is 0. The molecule has 0 saturated carbocycles. The van der Waals surface area contributed by atoms with Gasteiger partial charge >= 0.3 is 0 Å². The number of ether oxygens (including phenoxy) is 1. The number of amides is 1. The lowest BCUT2D eigenvalue weighted by Crippen LogP contribution is -2.38. The predicted octanol–water partition coefficient (Wildman–Crippen LogP) is 3.15. The second-order valence-corrected chi connectivity index (χ2v) is 5.43. The zero-order valence-electron chi connectivity index (χ0n) is 14.0. The van der Waals surface area contributed by atoms with Crippen molar-refractivity contribution in [2.45, 2.75) is 20.4 Å². The minimum absolute atomic E-state index is 0.0756. The molecule has 0 unspecified atom stereocenters. The minimum Gasteiger partial charge on any atom is -0.497 e. The Morgan fingerprint density at radius 1 is 1.17 bits per heavy atom. The van der Waals surface area contributed by atoms with Gasteiger partial charge in [0, 0.05) is 18.8 Å². The lowest BCUT2D eigenvalue weighted by Gasteiger charge is -2.21. The van der Waals surface area contributed by atoms with E-state index in [1.807, 2.05) is 62.4 Å². The first-order chi connectivity index (χ1) is 11.1. The van der Waals surface area contributed by atoms with Gasteiger partial charge in [-0.1, -0.05) is 24.3 Å². The van der Waals surface area contributed by atoms with Gasteiger partial charge in [0.15, 0.2) is 0 Å². The lowest BCUT2D eigenvalue weighted by molar-refractivity contribution is -0.117. The van der Waals surface area contributed by atoms with E-state index in [9.17, 15) is 4.79 Å². The van der Waals surface area contributed by atoms with Crippen LogP contribution in [0.1, 0.15) is 18.1 Å². The third-order valence-electron chi connectivity index (χ3n) is 3.70. The van der Waals surface area contributed by atoms with Crippen molar-refractivity contribution in [2.24, 2.45) is 0 Å². The molecule has 1 N–H and O–H groups in total. The number of carbonyl (C=O) groups is 1. The first kappa shape index (κ1) is 17.0. The number of hydrogen-bond donors (Lipinski definition) is 1. The van der Waals surface area contributed by atoms with Crippen LogP contribution in [0.5, 0.6) is 5.75 Å².